The Morgan fingerprint density at radius 2 is 2.14 bits per heavy atom. The second kappa shape index (κ2) is 4.21. The predicted octanol–water partition coefficient (Wildman–Crippen LogP) is 2.07. The minimum Gasteiger partial charge on any atom is -0.220 e. The Morgan fingerprint density at radius 3 is 2.71 bits per heavy atom. The van der Waals surface area contributed by atoms with Crippen LogP contribution in [0.1, 0.15) is 5.56 Å². The zero-order valence-corrected chi connectivity index (χ0v) is 9.00. The highest BCUT2D eigenvalue weighted by atomic mass is 35.5. The number of hydrazone groups is 1. The van der Waals surface area contributed by atoms with E-state index in [-0.39, 0.29) is 0 Å². The molecule has 0 fully saturated rings. The highest BCUT2D eigenvalue weighted by molar-refractivity contribution is 7.98. The topological polar surface area (TPSA) is 41.6 Å². The Bertz CT molecular complexity index is 338. The van der Waals surface area contributed by atoms with Gasteiger partial charge in [-0.15, -0.1) is 0 Å². The molecule has 0 radical (unpaired) electrons. The van der Waals surface area contributed by atoms with Crippen LogP contribution in [0.4, 0.5) is 0 Å². The molecule has 1 aromatic carbocycles. The van der Waals surface area contributed by atoms with Gasteiger partial charge in [0.25, 0.3) is 0 Å². The van der Waals surface area contributed by atoms with Gasteiger partial charge in [0.1, 0.15) is 0 Å². The molecule has 1 aliphatic heterocycles. The molecule has 0 saturated heterocycles. The van der Waals surface area contributed by atoms with Gasteiger partial charge in [-0.3, -0.25) is 0 Å². The molecule has 1 unspecified atom stereocenters. The standard InChI is InChI=1S/C9H10ClN3S/c10-8-3-1-7(2-4-8)5-9-6-12-13(11)14-9/h1-4,6,9H,5,11H2. The molecule has 74 valence electrons. The summed E-state index contributed by atoms with van der Waals surface area (Å²) < 4.78 is 1.39. The molecule has 0 spiro atoms. The van der Waals surface area contributed by atoms with Crippen LogP contribution in [-0.4, -0.2) is 16.0 Å². The third kappa shape index (κ3) is 2.41. The van der Waals surface area contributed by atoms with E-state index in [0.717, 1.165) is 11.4 Å². The van der Waals surface area contributed by atoms with Crippen LogP contribution < -0.4 is 5.84 Å². The molecule has 1 aliphatic rings. The summed E-state index contributed by atoms with van der Waals surface area (Å²) in [5, 5.41) is 5.05. The van der Waals surface area contributed by atoms with Gasteiger partial charge in [-0.2, -0.15) is 9.62 Å². The molecular weight excluding hydrogens is 218 g/mol. The summed E-state index contributed by atoms with van der Waals surface area (Å²) in [5.74, 6) is 5.48. The van der Waals surface area contributed by atoms with E-state index in [9.17, 15) is 0 Å². The van der Waals surface area contributed by atoms with Crippen LogP contribution in [0.15, 0.2) is 29.4 Å². The molecule has 0 saturated carbocycles. The lowest BCUT2D eigenvalue weighted by atomic mass is 10.1. The van der Waals surface area contributed by atoms with Crippen LogP contribution in [-0.2, 0) is 6.42 Å². The van der Waals surface area contributed by atoms with Crippen LogP contribution in [0.5, 0.6) is 0 Å². The van der Waals surface area contributed by atoms with Crippen molar-refractivity contribution in [1.29, 1.82) is 0 Å². The minimum absolute atomic E-state index is 0.334. The summed E-state index contributed by atoms with van der Waals surface area (Å²) >= 11 is 7.31. The SMILES string of the molecule is NN1N=CC(Cc2ccc(Cl)cc2)S1. The van der Waals surface area contributed by atoms with E-state index in [4.69, 9.17) is 17.4 Å². The average Bonchev–Trinajstić information content (AvgIpc) is 2.56. The fourth-order valence-corrected chi connectivity index (χ4v) is 2.16. The second-order valence-electron chi connectivity index (χ2n) is 3.04. The molecule has 1 heterocycles. The Kier molecular flexibility index (Phi) is 2.96. The first kappa shape index (κ1) is 9.83. The van der Waals surface area contributed by atoms with Crippen molar-refractivity contribution < 1.29 is 0 Å². The predicted molar refractivity (Wildman–Crippen MR) is 61.1 cm³/mol. The quantitative estimate of drug-likeness (QED) is 0.621. The van der Waals surface area contributed by atoms with E-state index in [2.05, 4.69) is 5.10 Å². The molecule has 2 N–H and O–H groups in total. The summed E-state index contributed by atoms with van der Waals surface area (Å²) in [6, 6.07) is 7.84. The Balaban J connectivity index is 1.98. The largest absolute Gasteiger partial charge is 0.220 e. The number of benzene rings is 1. The van der Waals surface area contributed by atoms with E-state index < -0.39 is 0 Å². The Hall–Kier alpha value is -0.710. The van der Waals surface area contributed by atoms with Gasteiger partial charge in [-0.1, -0.05) is 23.7 Å². The number of nitrogens with zero attached hydrogens (tertiary/aromatic N) is 2. The number of halogens is 1. The fraction of sp³-hybridized carbons (Fsp3) is 0.222. The number of hydrazine groups is 1. The smallest absolute Gasteiger partial charge is 0.0690 e. The summed E-state index contributed by atoms with van der Waals surface area (Å²) in [5.41, 5.74) is 1.24. The summed E-state index contributed by atoms with van der Waals surface area (Å²) in [7, 11) is 0. The van der Waals surface area contributed by atoms with E-state index in [0.29, 0.717) is 5.25 Å². The van der Waals surface area contributed by atoms with Crippen molar-refractivity contribution in [1.82, 2.24) is 4.52 Å². The lowest BCUT2D eigenvalue weighted by Crippen LogP contribution is -2.15. The van der Waals surface area contributed by atoms with Gasteiger partial charge < -0.3 is 0 Å². The normalized spacial score (nSPS) is 20.4. The van der Waals surface area contributed by atoms with Crippen molar-refractivity contribution in [3.63, 3.8) is 0 Å². The highest BCUT2D eigenvalue weighted by Crippen LogP contribution is 2.22. The van der Waals surface area contributed by atoms with Crippen LogP contribution in [0.3, 0.4) is 0 Å². The van der Waals surface area contributed by atoms with E-state index in [1.807, 2.05) is 30.5 Å². The minimum atomic E-state index is 0.334. The molecule has 2 rings (SSSR count). The zero-order valence-electron chi connectivity index (χ0n) is 7.43. The molecule has 1 aromatic rings. The maximum atomic E-state index is 5.79. The van der Waals surface area contributed by atoms with Crippen molar-refractivity contribution >= 4 is 29.8 Å². The van der Waals surface area contributed by atoms with E-state index in [1.165, 1.54) is 22.0 Å². The van der Waals surface area contributed by atoms with Crippen molar-refractivity contribution in [2.75, 3.05) is 0 Å². The number of nitrogens with two attached hydrogens (primary N) is 1. The lowest BCUT2D eigenvalue weighted by Gasteiger charge is -2.08. The van der Waals surface area contributed by atoms with Crippen molar-refractivity contribution in [2.45, 2.75) is 11.7 Å². The summed E-state index contributed by atoms with van der Waals surface area (Å²) in [4.78, 5) is 0. The van der Waals surface area contributed by atoms with Crippen LogP contribution >= 0.6 is 23.5 Å². The zero-order chi connectivity index (χ0) is 9.97. The molecule has 1 atom stereocenters. The van der Waals surface area contributed by atoms with Crippen LogP contribution in [0.2, 0.25) is 5.02 Å². The molecule has 3 nitrogen and oxygen atoms in total. The molecular formula is C9H10ClN3S. The van der Waals surface area contributed by atoms with Crippen LogP contribution in [0, 0.1) is 0 Å². The Labute approximate surface area is 92.0 Å². The van der Waals surface area contributed by atoms with Gasteiger partial charge in [-0.25, -0.2) is 5.84 Å². The van der Waals surface area contributed by atoms with Crippen molar-refractivity contribution in [3.8, 4) is 0 Å². The van der Waals surface area contributed by atoms with Gasteiger partial charge in [-0.05, 0) is 36.1 Å². The molecule has 5 heteroatoms. The van der Waals surface area contributed by atoms with E-state index >= 15 is 0 Å². The first-order valence-electron chi connectivity index (χ1n) is 4.24. The second-order valence-corrected chi connectivity index (χ2v) is 4.67. The van der Waals surface area contributed by atoms with Crippen molar-refractivity contribution in [3.05, 3.63) is 34.9 Å². The van der Waals surface area contributed by atoms with Gasteiger partial charge in [0, 0.05) is 11.2 Å². The molecule has 0 bridgehead atoms. The first-order valence-corrected chi connectivity index (χ1v) is 5.45. The average molecular weight is 228 g/mol. The number of hydrogen-bond donors (Lipinski definition) is 1. The maximum absolute atomic E-state index is 5.79. The van der Waals surface area contributed by atoms with E-state index in [1.54, 1.807) is 0 Å². The highest BCUT2D eigenvalue weighted by Gasteiger charge is 2.16. The lowest BCUT2D eigenvalue weighted by molar-refractivity contribution is 0.547. The third-order valence-electron chi connectivity index (χ3n) is 1.94. The van der Waals surface area contributed by atoms with Gasteiger partial charge in [0.2, 0.25) is 0 Å². The molecule has 14 heavy (non-hydrogen) atoms. The third-order valence-corrected chi connectivity index (χ3v) is 3.06. The van der Waals surface area contributed by atoms with Crippen LogP contribution in [0.25, 0.3) is 0 Å². The van der Waals surface area contributed by atoms with Gasteiger partial charge in [0.15, 0.2) is 0 Å². The molecule has 0 aromatic heterocycles. The first-order chi connectivity index (χ1) is 6.74. The summed E-state index contributed by atoms with van der Waals surface area (Å²) in [6.07, 6.45) is 2.79. The number of hydrogen-bond acceptors (Lipinski definition) is 4. The monoisotopic (exact) mass is 227 g/mol. The molecule has 0 amide bonds. The maximum Gasteiger partial charge on any atom is 0.0690 e. The fourth-order valence-electron chi connectivity index (χ4n) is 1.28. The van der Waals surface area contributed by atoms with Gasteiger partial charge >= 0.3 is 0 Å². The number of rotatable bonds is 2. The molecule has 0 aliphatic carbocycles. The van der Waals surface area contributed by atoms with Gasteiger partial charge in [0.05, 0.1) is 5.25 Å². The Morgan fingerprint density at radius 1 is 1.43 bits per heavy atom. The summed E-state index contributed by atoms with van der Waals surface area (Å²) in [6.45, 7) is 0. The van der Waals surface area contributed by atoms with Crippen molar-refractivity contribution in [2.24, 2.45) is 10.9 Å².